The second kappa shape index (κ2) is 26.2. The summed E-state index contributed by atoms with van der Waals surface area (Å²) in [6.07, 6.45) is 28.2. The molecule has 0 fully saturated rings. The Morgan fingerprint density at radius 3 is 1.24 bits per heavy atom. The Kier molecular flexibility index (Phi) is 24.8. The summed E-state index contributed by atoms with van der Waals surface area (Å²) in [4.78, 5) is 0. The van der Waals surface area contributed by atoms with Crippen LogP contribution >= 0.6 is 29.3 Å². The number of benzene rings is 1. The van der Waals surface area contributed by atoms with Crippen molar-refractivity contribution in [1.82, 2.24) is 0 Å². The van der Waals surface area contributed by atoms with Gasteiger partial charge in [0.1, 0.15) is 5.75 Å². The molecule has 1 nitrogen and oxygen atoms in total. The number of hydrogen-bond acceptors (Lipinski definition) is 3. The van der Waals surface area contributed by atoms with E-state index in [0.717, 1.165) is 5.75 Å². The van der Waals surface area contributed by atoms with Crippen molar-refractivity contribution in [2.45, 2.75) is 142 Å². The monoisotopic (exact) mass is 526 g/mol. The molecule has 4 heteroatoms. The second-order valence-electron chi connectivity index (χ2n) is 9.66. The van der Waals surface area contributed by atoms with Crippen LogP contribution in [0.25, 0.3) is 0 Å². The highest BCUT2D eigenvalue weighted by molar-refractivity contribution is 8.87. The number of para-hydroxylation sites is 1. The Balaban J connectivity index is 2.08. The van der Waals surface area contributed by atoms with Gasteiger partial charge in [0.05, 0.1) is 0 Å². The highest BCUT2D eigenvalue weighted by Gasteiger charge is 2.13. The zero-order chi connectivity index (χ0) is 24.4. The molecule has 0 N–H and O–H groups in total. The summed E-state index contributed by atoms with van der Waals surface area (Å²) < 4.78 is 6.39. The van der Waals surface area contributed by atoms with Crippen molar-refractivity contribution in [3.8, 4) is 5.75 Å². The van der Waals surface area contributed by atoms with E-state index in [4.69, 9.17) is 4.52 Å². The second-order valence-corrected chi connectivity index (χ2v) is 15.9. The molecule has 0 amide bonds. The molecular formula is C30H55OPS2. The van der Waals surface area contributed by atoms with Crippen molar-refractivity contribution in [2.24, 2.45) is 0 Å². The van der Waals surface area contributed by atoms with Gasteiger partial charge in [0, 0.05) is 11.5 Å². The van der Waals surface area contributed by atoms with Gasteiger partial charge in [-0.05, 0) is 25.0 Å². The van der Waals surface area contributed by atoms with E-state index in [-0.39, 0.29) is 0 Å². The van der Waals surface area contributed by atoms with Crippen LogP contribution in [0.5, 0.6) is 5.75 Å². The summed E-state index contributed by atoms with van der Waals surface area (Å²) in [6.45, 7) is 4.12. The molecule has 1 rings (SSSR count). The standard InChI is InChI=1S/C30H55OPS2/c1-3-5-7-9-11-13-15-17-19-24-28-33-32(31-30-26-22-21-23-27-30)34-29-25-20-18-16-14-12-10-8-6-4-2/h21-23,26-27H,3-20,24-25,28-29H2,1-2H3. The maximum Gasteiger partial charge on any atom is 0.209 e. The molecule has 198 valence electrons. The average Bonchev–Trinajstić information content (AvgIpc) is 2.86. The van der Waals surface area contributed by atoms with Crippen LogP contribution in [0.3, 0.4) is 0 Å². The molecule has 0 unspecified atom stereocenters. The zero-order valence-electron chi connectivity index (χ0n) is 22.6. The first-order valence-electron chi connectivity index (χ1n) is 14.7. The molecule has 0 aromatic heterocycles. The van der Waals surface area contributed by atoms with Gasteiger partial charge in [-0.15, -0.1) is 0 Å². The van der Waals surface area contributed by atoms with E-state index in [2.05, 4.69) is 66.9 Å². The summed E-state index contributed by atoms with van der Waals surface area (Å²) in [5, 5.41) is 0. The smallest absolute Gasteiger partial charge is 0.209 e. The first-order chi connectivity index (χ1) is 16.9. The molecule has 1 aromatic carbocycles. The summed E-state index contributed by atoms with van der Waals surface area (Å²) in [5.74, 6) is 3.54. The minimum atomic E-state index is -0.476. The van der Waals surface area contributed by atoms with Crippen LogP contribution < -0.4 is 4.52 Å². The SMILES string of the molecule is CCCCCCCCCCCCSP(Oc1ccccc1)SCCCCCCCCCCCC. The maximum atomic E-state index is 6.39. The molecule has 0 radical (unpaired) electrons. The molecule has 0 spiro atoms. The van der Waals surface area contributed by atoms with Gasteiger partial charge in [-0.3, -0.25) is 0 Å². The van der Waals surface area contributed by atoms with Crippen molar-refractivity contribution in [2.75, 3.05) is 11.5 Å². The molecule has 0 saturated heterocycles. The third-order valence-corrected chi connectivity index (χ3v) is 12.7. The van der Waals surface area contributed by atoms with Crippen LogP contribution in [0, 0.1) is 0 Å². The van der Waals surface area contributed by atoms with Gasteiger partial charge in [-0.25, -0.2) is 0 Å². The number of hydrogen-bond donors (Lipinski definition) is 0. The van der Waals surface area contributed by atoms with Crippen LogP contribution in [0.4, 0.5) is 0 Å². The summed E-state index contributed by atoms with van der Waals surface area (Å²) >= 11 is 4.16. The zero-order valence-corrected chi connectivity index (χ0v) is 25.1. The topological polar surface area (TPSA) is 9.23 Å². The van der Waals surface area contributed by atoms with Crippen LogP contribution in [-0.2, 0) is 0 Å². The summed E-state index contributed by atoms with van der Waals surface area (Å²) in [7, 11) is 0. The van der Waals surface area contributed by atoms with E-state index in [0.29, 0.717) is 0 Å². The first kappa shape index (κ1) is 32.2. The molecule has 0 aliphatic rings. The van der Waals surface area contributed by atoms with Crippen molar-refractivity contribution in [3.05, 3.63) is 30.3 Å². The first-order valence-corrected chi connectivity index (χ1v) is 19.1. The fraction of sp³-hybridized carbons (Fsp3) is 0.800. The van der Waals surface area contributed by atoms with Crippen molar-refractivity contribution < 1.29 is 4.52 Å². The normalized spacial score (nSPS) is 11.4. The van der Waals surface area contributed by atoms with Crippen molar-refractivity contribution in [3.63, 3.8) is 0 Å². The molecule has 1 aromatic rings. The lowest BCUT2D eigenvalue weighted by atomic mass is 10.1. The molecule has 0 atom stereocenters. The predicted octanol–water partition coefficient (Wildman–Crippen LogP) is 12.6. The minimum absolute atomic E-state index is 0.476. The van der Waals surface area contributed by atoms with Crippen LogP contribution in [0.1, 0.15) is 142 Å². The molecule has 0 saturated carbocycles. The van der Waals surface area contributed by atoms with Crippen LogP contribution in [-0.4, -0.2) is 11.5 Å². The molecule has 0 bridgehead atoms. The minimum Gasteiger partial charge on any atom is -0.453 e. The van der Waals surface area contributed by atoms with Gasteiger partial charge in [-0.2, -0.15) is 0 Å². The Morgan fingerprint density at radius 2 is 0.853 bits per heavy atom. The fourth-order valence-corrected chi connectivity index (χ4v) is 10.3. The molecular weight excluding hydrogens is 471 g/mol. The van der Waals surface area contributed by atoms with Crippen molar-refractivity contribution >= 4 is 29.3 Å². The van der Waals surface area contributed by atoms with E-state index in [1.165, 1.54) is 140 Å². The molecule has 34 heavy (non-hydrogen) atoms. The maximum absolute atomic E-state index is 6.39. The summed E-state index contributed by atoms with van der Waals surface area (Å²) in [5.41, 5.74) is 0. The Morgan fingerprint density at radius 1 is 0.500 bits per heavy atom. The predicted molar refractivity (Wildman–Crippen MR) is 163 cm³/mol. The largest absolute Gasteiger partial charge is 0.453 e. The Hall–Kier alpha value is 0.150. The lowest BCUT2D eigenvalue weighted by Crippen LogP contribution is -1.88. The van der Waals surface area contributed by atoms with E-state index < -0.39 is 6.55 Å². The highest BCUT2D eigenvalue weighted by atomic mass is 33.1. The lowest BCUT2D eigenvalue weighted by molar-refractivity contribution is 0.563. The average molecular weight is 527 g/mol. The highest BCUT2D eigenvalue weighted by Crippen LogP contribution is 2.61. The van der Waals surface area contributed by atoms with Crippen LogP contribution in [0.15, 0.2) is 30.3 Å². The van der Waals surface area contributed by atoms with Gasteiger partial charge in [0.25, 0.3) is 0 Å². The number of unbranched alkanes of at least 4 members (excludes halogenated alkanes) is 18. The van der Waals surface area contributed by atoms with Gasteiger partial charge in [0.2, 0.25) is 6.55 Å². The van der Waals surface area contributed by atoms with E-state index >= 15 is 0 Å². The van der Waals surface area contributed by atoms with Crippen molar-refractivity contribution in [1.29, 1.82) is 0 Å². The molecule has 0 heterocycles. The fourth-order valence-electron chi connectivity index (χ4n) is 4.11. The van der Waals surface area contributed by atoms with E-state index in [1.807, 2.05) is 0 Å². The van der Waals surface area contributed by atoms with E-state index in [9.17, 15) is 0 Å². The molecule has 0 aliphatic carbocycles. The molecule has 0 aliphatic heterocycles. The van der Waals surface area contributed by atoms with Gasteiger partial charge < -0.3 is 4.52 Å². The van der Waals surface area contributed by atoms with Gasteiger partial charge in [-0.1, -0.05) is 170 Å². The Labute approximate surface area is 223 Å². The van der Waals surface area contributed by atoms with Gasteiger partial charge >= 0.3 is 0 Å². The van der Waals surface area contributed by atoms with E-state index in [1.54, 1.807) is 0 Å². The third-order valence-electron chi connectivity index (χ3n) is 6.31. The number of rotatable bonds is 26. The van der Waals surface area contributed by atoms with Gasteiger partial charge in [0.15, 0.2) is 0 Å². The summed E-state index contributed by atoms with van der Waals surface area (Å²) in [6, 6.07) is 10.5. The Bertz CT molecular complexity index is 488. The van der Waals surface area contributed by atoms with Crippen LogP contribution in [0.2, 0.25) is 0 Å². The quantitative estimate of drug-likeness (QED) is 0.0877. The third kappa shape index (κ3) is 21.4. The lowest BCUT2D eigenvalue weighted by Gasteiger charge is -2.17.